The smallest absolute Gasteiger partial charge is 0.320 e. The fraction of sp³-hybridized carbons (Fsp3) is 0.917. The van der Waals surface area contributed by atoms with Crippen molar-refractivity contribution in [1.29, 1.82) is 0 Å². The molecule has 0 bridgehead atoms. The molecule has 0 spiro atoms. The lowest BCUT2D eigenvalue weighted by Crippen LogP contribution is -2.63. The van der Waals surface area contributed by atoms with Crippen LogP contribution in [0.25, 0.3) is 0 Å². The summed E-state index contributed by atoms with van der Waals surface area (Å²) in [7, 11) is 1.72. The molecular weight excluding hydrogens is 206 g/mol. The summed E-state index contributed by atoms with van der Waals surface area (Å²) in [6, 6.07) is -0.0961. The van der Waals surface area contributed by atoms with Crippen molar-refractivity contribution < 1.29 is 14.6 Å². The van der Waals surface area contributed by atoms with E-state index in [9.17, 15) is 4.79 Å². The number of carboxylic acids is 1. The third-order valence-corrected chi connectivity index (χ3v) is 4.20. The molecule has 0 aromatic heterocycles. The highest BCUT2D eigenvalue weighted by molar-refractivity contribution is 5.74. The molecule has 0 aromatic carbocycles. The van der Waals surface area contributed by atoms with Gasteiger partial charge in [0, 0.05) is 18.6 Å². The summed E-state index contributed by atoms with van der Waals surface area (Å²) in [4.78, 5) is 11.1. The second kappa shape index (κ2) is 4.00. The van der Waals surface area contributed by atoms with Crippen LogP contribution in [0.4, 0.5) is 0 Å². The van der Waals surface area contributed by atoms with Gasteiger partial charge in [0.15, 0.2) is 0 Å². The Hall–Kier alpha value is -0.610. The van der Waals surface area contributed by atoms with Crippen molar-refractivity contribution in [1.82, 2.24) is 5.32 Å². The van der Waals surface area contributed by atoms with Gasteiger partial charge in [-0.15, -0.1) is 0 Å². The maximum Gasteiger partial charge on any atom is 0.320 e. The summed E-state index contributed by atoms with van der Waals surface area (Å²) in [5, 5.41) is 12.4. The zero-order chi connectivity index (χ0) is 11.9. The first kappa shape index (κ1) is 11.9. The predicted octanol–water partition coefficient (Wildman–Crippen LogP) is 1.25. The molecule has 2 fully saturated rings. The van der Waals surface area contributed by atoms with E-state index in [1.54, 1.807) is 7.11 Å². The first-order valence-corrected chi connectivity index (χ1v) is 5.98. The Balaban J connectivity index is 1.92. The number of hydrogen-bond donors (Lipinski definition) is 2. The lowest BCUT2D eigenvalue weighted by molar-refractivity contribution is -0.143. The second-order valence-corrected chi connectivity index (χ2v) is 5.65. The van der Waals surface area contributed by atoms with Crippen molar-refractivity contribution in [3.8, 4) is 0 Å². The van der Waals surface area contributed by atoms with E-state index in [1.165, 1.54) is 0 Å². The van der Waals surface area contributed by atoms with Gasteiger partial charge in [0.25, 0.3) is 0 Å². The summed E-state index contributed by atoms with van der Waals surface area (Å²) in [5.41, 5.74) is 0.0390. The molecular formula is C12H21NO3. The molecule has 0 saturated heterocycles. The van der Waals surface area contributed by atoms with Crippen molar-refractivity contribution in [2.24, 2.45) is 11.3 Å². The molecule has 0 heterocycles. The van der Waals surface area contributed by atoms with E-state index >= 15 is 0 Å². The number of carbonyl (C=O) groups is 1. The van der Waals surface area contributed by atoms with Crippen molar-refractivity contribution >= 4 is 5.97 Å². The molecule has 2 aliphatic carbocycles. The lowest BCUT2D eigenvalue weighted by atomic mass is 9.64. The van der Waals surface area contributed by atoms with Crippen LogP contribution in [0.1, 0.15) is 33.1 Å². The predicted molar refractivity (Wildman–Crippen MR) is 60.3 cm³/mol. The standard InChI is InChI=1S/C12H21NO3/c1-12(2)8(6-9(12)16-3)13-10(11(14)15)7-4-5-7/h7-10,13H,4-6H2,1-3H3,(H,14,15). The van der Waals surface area contributed by atoms with Gasteiger partial charge in [0.1, 0.15) is 6.04 Å². The Morgan fingerprint density at radius 2 is 2.12 bits per heavy atom. The van der Waals surface area contributed by atoms with E-state index in [1.807, 2.05) is 0 Å². The van der Waals surface area contributed by atoms with Gasteiger partial charge in [-0.25, -0.2) is 0 Å². The Morgan fingerprint density at radius 3 is 2.50 bits per heavy atom. The summed E-state index contributed by atoms with van der Waals surface area (Å²) in [6.07, 6.45) is 3.26. The van der Waals surface area contributed by atoms with Crippen LogP contribution in [0.15, 0.2) is 0 Å². The maximum absolute atomic E-state index is 11.1. The molecule has 92 valence electrons. The third-order valence-electron chi connectivity index (χ3n) is 4.20. The highest BCUT2D eigenvalue weighted by atomic mass is 16.5. The number of ether oxygens (including phenoxy) is 1. The Labute approximate surface area is 96.4 Å². The van der Waals surface area contributed by atoms with Crippen LogP contribution < -0.4 is 5.32 Å². The number of hydrogen-bond acceptors (Lipinski definition) is 3. The van der Waals surface area contributed by atoms with E-state index in [-0.39, 0.29) is 23.6 Å². The van der Waals surface area contributed by atoms with Crippen LogP contribution in [0, 0.1) is 11.3 Å². The van der Waals surface area contributed by atoms with E-state index < -0.39 is 5.97 Å². The van der Waals surface area contributed by atoms with Crippen LogP contribution >= 0.6 is 0 Å². The summed E-state index contributed by atoms with van der Waals surface area (Å²) in [6.45, 7) is 4.27. The van der Waals surface area contributed by atoms with Gasteiger partial charge < -0.3 is 15.2 Å². The van der Waals surface area contributed by atoms with Gasteiger partial charge in [-0.3, -0.25) is 4.79 Å². The first-order chi connectivity index (χ1) is 7.46. The van der Waals surface area contributed by atoms with Crippen LogP contribution in [-0.4, -0.2) is 36.4 Å². The minimum atomic E-state index is -0.709. The van der Waals surface area contributed by atoms with Crippen molar-refractivity contribution in [2.45, 2.75) is 51.3 Å². The first-order valence-electron chi connectivity index (χ1n) is 5.98. The third kappa shape index (κ3) is 1.96. The summed E-state index contributed by atoms with van der Waals surface area (Å²) < 4.78 is 5.36. The Kier molecular flexibility index (Phi) is 2.97. The zero-order valence-corrected chi connectivity index (χ0v) is 10.2. The van der Waals surface area contributed by atoms with E-state index in [0.717, 1.165) is 19.3 Å². The maximum atomic E-state index is 11.1. The topological polar surface area (TPSA) is 58.6 Å². The quantitative estimate of drug-likeness (QED) is 0.742. The van der Waals surface area contributed by atoms with Gasteiger partial charge in [0.05, 0.1) is 6.10 Å². The molecule has 4 nitrogen and oxygen atoms in total. The molecule has 3 unspecified atom stereocenters. The Bertz CT molecular complexity index is 286. The molecule has 2 rings (SSSR count). The van der Waals surface area contributed by atoms with Gasteiger partial charge in [0.2, 0.25) is 0 Å². The monoisotopic (exact) mass is 227 g/mol. The van der Waals surface area contributed by atoms with Crippen LogP contribution in [0.2, 0.25) is 0 Å². The number of aliphatic carboxylic acids is 1. The number of carboxylic acid groups (broad SMARTS) is 1. The van der Waals surface area contributed by atoms with Crippen molar-refractivity contribution in [3.05, 3.63) is 0 Å². The minimum Gasteiger partial charge on any atom is -0.480 e. The molecule has 0 aliphatic heterocycles. The highest BCUT2D eigenvalue weighted by Crippen LogP contribution is 2.44. The molecule has 0 aromatic rings. The molecule has 3 atom stereocenters. The number of nitrogens with one attached hydrogen (secondary N) is 1. The second-order valence-electron chi connectivity index (χ2n) is 5.65. The fourth-order valence-electron chi connectivity index (χ4n) is 2.62. The molecule has 2 N–H and O–H groups in total. The van der Waals surface area contributed by atoms with E-state index in [0.29, 0.717) is 5.92 Å². The van der Waals surface area contributed by atoms with E-state index in [2.05, 4.69) is 19.2 Å². The highest BCUT2D eigenvalue weighted by Gasteiger charge is 2.51. The molecule has 2 saturated carbocycles. The van der Waals surface area contributed by atoms with Crippen LogP contribution in [0.3, 0.4) is 0 Å². The lowest BCUT2D eigenvalue weighted by Gasteiger charge is -2.52. The van der Waals surface area contributed by atoms with Crippen molar-refractivity contribution in [2.75, 3.05) is 7.11 Å². The normalized spacial score (nSPS) is 34.2. The SMILES string of the molecule is COC1CC(NC(C(=O)O)C2CC2)C1(C)C. The Morgan fingerprint density at radius 1 is 1.50 bits per heavy atom. The van der Waals surface area contributed by atoms with Gasteiger partial charge in [-0.2, -0.15) is 0 Å². The van der Waals surface area contributed by atoms with Gasteiger partial charge in [-0.1, -0.05) is 13.8 Å². The van der Waals surface area contributed by atoms with E-state index in [4.69, 9.17) is 9.84 Å². The average molecular weight is 227 g/mol. The fourth-order valence-corrected chi connectivity index (χ4v) is 2.62. The summed E-state index contributed by atoms with van der Waals surface area (Å²) >= 11 is 0. The molecule has 0 amide bonds. The van der Waals surface area contributed by atoms with Crippen LogP contribution in [-0.2, 0) is 9.53 Å². The molecule has 16 heavy (non-hydrogen) atoms. The molecule has 2 aliphatic rings. The number of methoxy groups -OCH3 is 1. The molecule has 0 radical (unpaired) electrons. The number of rotatable bonds is 5. The minimum absolute atomic E-state index is 0.0390. The van der Waals surface area contributed by atoms with Crippen molar-refractivity contribution in [3.63, 3.8) is 0 Å². The largest absolute Gasteiger partial charge is 0.480 e. The van der Waals surface area contributed by atoms with Crippen LogP contribution in [0.5, 0.6) is 0 Å². The molecule has 4 heteroatoms. The summed E-state index contributed by atoms with van der Waals surface area (Å²) in [5.74, 6) is -0.367. The zero-order valence-electron chi connectivity index (χ0n) is 10.2. The average Bonchev–Trinajstić information content (AvgIpc) is 3.00. The van der Waals surface area contributed by atoms with Gasteiger partial charge in [-0.05, 0) is 25.2 Å². The van der Waals surface area contributed by atoms with Gasteiger partial charge >= 0.3 is 5.97 Å².